The first kappa shape index (κ1) is 21.0. The van der Waals surface area contributed by atoms with Crippen LogP contribution in [0.5, 0.6) is 5.75 Å². The number of methoxy groups -OCH3 is 1. The van der Waals surface area contributed by atoms with Gasteiger partial charge in [0.15, 0.2) is 0 Å². The van der Waals surface area contributed by atoms with Crippen molar-refractivity contribution in [3.63, 3.8) is 0 Å². The molecule has 0 aromatic heterocycles. The lowest BCUT2D eigenvalue weighted by atomic mass is 9.83. The lowest BCUT2D eigenvalue weighted by molar-refractivity contribution is 0.117. The zero-order chi connectivity index (χ0) is 21.8. The van der Waals surface area contributed by atoms with Crippen LogP contribution in [0.15, 0.2) is 91.5 Å². The summed E-state index contributed by atoms with van der Waals surface area (Å²) in [6.45, 7) is 8.70. The summed E-state index contributed by atoms with van der Waals surface area (Å²) in [5, 5.41) is 3.74. The molecule has 158 valence electrons. The first-order valence-corrected chi connectivity index (χ1v) is 10.6. The molecule has 0 bridgehead atoms. The molecule has 3 heteroatoms. The smallest absolute Gasteiger partial charge is 0.126 e. The van der Waals surface area contributed by atoms with Crippen molar-refractivity contribution in [2.24, 2.45) is 0 Å². The van der Waals surface area contributed by atoms with Gasteiger partial charge in [0, 0.05) is 16.7 Å². The molecule has 3 aromatic carbocycles. The van der Waals surface area contributed by atoms with Crippen LogP contribution in [-0.2, 0) is 4.74 Å². The van der Waals surface area contributed by atoms with Gasteiger partial charge in [-0.3, -0.25) is 0 Å². The molecule has 0 spiro atoms. The summed E-state index contributed by atoms with van der Waals surface area (Å²) in [7, 11) is 1.71. The number of para-hydroxylation sites is 2. The monoisotopic (exact) mass is 411 g/mol. The minimum Gasteiger partial charge on any atom is -0.496 e. The summed E-state index contributed by atoms with van der Waals surface area (Å²) in [5.41, 5.74) is 6.45. The Morgan fingerprint density at radius 2 is 1.58 bits per heavy atom. The first-order valence-electron chi connectivity index (χ1n) is 10.6. The quantitative estimate of drug-likeness (QED) is 0.429. The van der Waals surface area contributed by atoms with E-state index < -0.39 is 0 Å². The van der Waals surface area contributed by atoms with E-state index in [0.717, 1.165) is 39.3 Å². The molecule has 0 radical (unpaired) electrons. The number of ether oxygens (including phenoxy) is 2. The number of hydrogen-bond donors (Lipinski definition) is 1. The van der Waals surface area contributed by atoms with E-state index in [1.165, 1.54) is 0 Å². The Hall–Kier alpha value is -3.30. The molecule has 31 heavy (non-hydrogen) atoms. The average Bonchev–Trinajstić information content (AvgIpc) is 2.79. The van der Waals surface area contributed by atoms with Crippen molar-refractivity contribution in [1.82, 2.24) is 0 Å². The topological polar surface area (TPSA) is 30.5 Å². The maximum absolute atomic E-state index is 6.32. The van der Waals surface area contributed by atoms with Crippen molar-refractivity contribution in [1.29, 1.82) is 0 Å². The largest absolute Gasteiger partial charge is 0.496 e. The highest BCUT2D eigenvalue weighted by Crippen LogP contribution is 2.47. The number of fused-ring (bicyclic) bond motifs is 1. The maximum Gasteiger partial charge on any atom is 0.126 e. The number of anilines is 1. The van der Waals surface area contributed by atoms with E-state index in [1.54, 1.807) is 13.2 Å². The van der Waals surface area contributed by atoms with Gasteiger partial charge in [-0.1, -0.05) is 78.9 Å². The maximum atomic E-state index is 6.32. The molecule has 4 rings (SSSR count). The van der Waals surface area contributed by atoms with Crippen molar-refractivity contribution in [2.75, 3.05) is 19.0 Å². The Kier molecular flexibility index (Phi) is 5.97. The molecule has 3 nitrogen and oxygen atoms in total. The normalized spacial score (nSPS) is 15.3. The molecule has 1 aliphatic rings. The summed E-state index contributed by atoms with van der Waals surface area (Å²) in [6.07, 6.45) is 3.89. The standard InChI is InChI=1S/C28H29NO2/c1-5-18-31-27(20-12-7-6-8-13-20)24-19-28(2,3)29-26-22(15-11-16-23(24)26)21-14-9-10-17-25(21)30-4/h5-17,19,27,29H,1,18H2,2-4H3. The fraction of sp³-hybridized carbons (Fsp3) is 0.214. The van der Waals surface area contributed by atoms with Crippen molar-refractivity contribution in [3.05, 3.63) is 103 Å². The fourth-order valence-corrected chi connectivity index (χ4v) is 4.22. The Labute approximate surface area is 185 Å². The van der Waals surface area contributed by atoms with Gasteiger partial charge in [0.25, 0.3) is 0 Å². The molecule has 0 aliphatic carbocycles. The van der Waals surface area contributed by atoms with Crippen molar-refractivity contribution < 1.29 is 9.47 Å². The van der Waals surface area contributed by atoms with Crippen LogP contribution in [0.2, 0.25) is 0 Å². The molecule has 0 amide bonds. The number of nitrogens with one attached hydrogen (secondary N) is 1. The molecule has 1 unspecified atom stereocenters. The van der Waals surface area contributed by atoms with Gasteiger partial charge >= 0.3 is 0 Å². The van der Waals surface area contributed by atoms with E-state index in [9.17, 15) is 0 Å². The molecule has 3 aromatic rings. The van der Waals surface area contributed by atoms with E-state index in [1.807, 2.05) is 24.3 Å². The summed E-state index contributed by atoms with van der Waals surface area (Å²) >= 11 is 0. The van der Waals surface area contributed by atoms with Gasteiger partial charge in [-0.2, -0.15) is 0 Å². The molecule has 0 saturated carbocycles. The predicted molar refractivity (Wildman–Crippen MR) is 129 cm³/mol. The molecule has 0 saturated heterocycles. The highest BCUT2D eigenvalue weighted by Gasteiger charge is 2.31. The van der Waals surface area contributed by atoms with Gasteiger partial charge in [-0.05, 0) is 31.1 Å². The second-order valence-corrected chi connectivity index (χ2v) is 8.29. The first-order chi connectivity index (χ1) is 15.0. The summed E-state index contributed by atoms with van der Waals surface area (Å²) in [6, 6.07) is 24.9. The van der Waals surface area contributed by atoms with Gasteiger partial charge in [0.1, 0.15) is 11.9 Å². The SMILES string of the molecule is C=CCOC(C1=CC(C)(C)Nc2c1cccc2-c1ccccc1OC)c1ccccc1. The van der Waals surface area contributed by atoms with E-state index in [-0.39, 0.29) is 11.6 Å². The molecular weight excluding hydrogens is 382 g/mol. The van der Waals surface area contributed by atoms with Gasteiger partial charge in [0.2, 0.25) is 0 Å². The number of benzene rings is 3. The van der Waals surface area contributed by atoms with Crippen LogP contribution in [0, 0.1) is 0 Å². The summed E-state index contributed by atoms with van der Waals surface area (Å²) in [5.74, 6) is 0.856. The molecular formula is C28H29NO2. The molecule has 1 atom stereocenters. The van der Waals surface area contributed by atoms with Gasteiger partial charge in [-0.15, -0.1) is 6.58 Å². The number of hydrogen-bond acceptors (Lipinski definition) is 3. The van der Waals surface area contributed by atoms with Gasteiger partial charge in [-0.25, -0.2) is 0 Å². The lowest BCUT2D eigenvalue weighted by Crippen LogP contribution is -2.33. The van der Waals surface area contributed by atoms with Crippen LogP contribution in [0.4, 0.5) is 5.69 Å². The zero-order valence-corrected chi connectivity index (χ0v) is 18.4. The summed E-state index contributed by atoms with van der Waals surface area (Å²) in [4.78, 5) is 0. The number of rotatable bonds is 7. The second kappa shape index (κ2) is 8.83. The van der Waals surface area contributed by atoms with E-state index >= 15 is 0 Å². The van der Waals surface area contributed by atoms with E-state index in [2.05, 4.69) is 80.4 Å². The Morgan fingerprint density at radius 1 is 0.903 bits per heavy atom. The molecule has 1 heterocycles. The summed E-state index contributed by atoms with van der Waals surface area (Å²) < 4.78 is 12.0. The van der Waals surface area contributed by atoms with E-state index in [0.29, 0.717) is 6.61 Å². The average molecular weight is 412 g/mol. The lowest BCUT2D eigenvalue weighted by Gasteiger charge is -2.36. The minimum absolute atomic E-state index is 0.188. The second-order valence-electron chi connectivity index (χ2n) is 8.29. The Bertz CT molecular complexity index is 1100. The van der Waals surface area contributed by atoms with Crippen molar-refractivity contribution in [2.45, 2.75) is 25.5 Å². The van der Waals surface area contributed by atoms with Crippen LogP contribution in [0.25, 0.3) is 16.7 Å². The van der Waals surface area contributed by atoms with Crippen molar-refractivity contribution in [3.8, 4) is 16.9 Å². The van der Waals surface area contributed by atoms with Gasteiger partial charge < -0.3 is 14.8 Å². The predicted octanol–water partition coefficient (Wildman–Crippen LogP) is 6.89. The minimum atomic E-state index is -0.245. The fourth-order valence-electron chi connectivity index (χ4n) is 4.22. The van der Waals surface area contributed by atoms with Crippen LogP contribution in [-0.4, -0.2) is 19.3 Å². The third-order valence-corrected chi connectivity index (χ3v) is 5.50. The zero-order valence-electron chi connectivity index (χ0n) is 18.4. The highest BCUT2D eigenvalue weighted by molar-refractivity contribution is 5.93. The van der Waals surface area contributed by atoms with Crippen LogP contribution < -0.4 is 10.1 Å². The highest BCUT2D eigenvalue weighted by atomic mass is 16.5. The molecule has 1 N–H and O–H groups in total. The van der Waals surface area contributed by atoms with Crippen molar-refractivity contribution >= 4 is 11.3 Å². The molecule has 0 fully saturated rings. The van der Waals surface area contributed by atoms with Gasteiger partial charge in [0.05, 0.1) is 24.9 Å². The Morgan fingerprint density at radius 3 is 2.32 bits per heavy atom. The van der Waals surface area contributed by atoms with Crippen LogP contribution in [0.3, 0.4) is 0 Å². The van der Waals surface area contributed by atoms with E-state index in [4.69, 9.17) is 9.47 Å². The third kappa shape index (κ3) is 4.28. The van der Waals surface area contributed by atoms with Crippen LogP contribution in [0.1, 0.15) is 31.1 Å². The molecule has 1 aliphatic heterocycles. The Balaban J connectivity index is 1.90. The van der Waals surface area contributed by atoms with Crippen LogP contribution >= 0.6 is 0 Å². The third-order valence-electron chi connectivity index (χ3n) is 5.50.